The SMILES string of the molecule is CCN(CC)S(=O)(=O)c1cc(C(=O)Nc2cc(NC(=O)Nc3ccccc3)ccc2C)ccc1F. The maximum absolute atomic E-state index is 14.4. The van der Waals surface area contributed by atoms with Gasteiger partial charge in [0.25, 0.3) is 5.91 Å². The largest absolute Gasteiger partial charge is 0.323 e. The molecule has 3 aromatic carbocycles. The van der Waals surface area contributed by atoms with Gasteiger partial charge in [-0.25, -0.2) is 17.6 Å². The van der Waals surface area contributed by atoms with Crippen LogP contribution < -0.4 is 16.0 Å². The number of benzene rings is 3. The molecule has 0 aliphatic carbocycles. The van der Waals surface area contributed by atoms with Crippen LogP contribution in [0.1, 0.15) is 29.8 Å². The van der Waals surface area contributed by atoms with Gasteiger partial charge in [0.1, 0.15) is 10.7 Å². The van der Waals surface area contributed by atoms with Gasteiger partial charge in [-0.1, -0.05) is 38.1 Å². The van der Waals surface area contributed by atoms with Crippen molar-refractivity contribution in [2.45, 2.75) is 25.7 Å². The molecular formula is C25H27FN4O4S. The fraction of sp³-hybridized carbons (Fsp3) is 0.200. The van der Waals surface area contributed by atoms with Crippen molar-refractivity contribution >= 4 is 39.0 Å². The lowest BCUT2D eigenvalue weighted by molar-refractivity contribution is 0.102. The number of carbonyl (C=O) groups excluding carboxylic acids is 2. The number of nitrogens with one attached hydrogen (secondary N) is 3. The number of urea groups is 1. The fourth-order valence-electron chi connectivity index (χ4n) is 3.39. The highest BCUT2D eigenvalue weighted by Crippen LogP contribution is 2.24. The van der Waals surface area contributed by atoms with Gasteiger partial charge in [0.05, 0.1) is 0 Å². The van der Waals surface area contributed by atoms with E-state index in [1.54, 1.807) is 63.2 Å². The third-order valence-electron chi connectivity index (χ3n) is 5.29. The summed E-state index contributed by atoms with van der Waals surface area (Å²) >= 11 is 0. The first kappa shape index (κ1) is 25.9. The highest BCUT2D eigenvalue weighted by atomic mass is 32.2. The molecule has 3 aromatic rings. The van der Waals surface area contributed by atoms with Gasteiger partial charge >= 0.3 is 6.03 Å². The maximum atomic E-state index is 14.4. The van der Waals surface area contributed by atoms with Crippen LogP contribution in [0.2, 0.25) is 0 Å². The lowest BCUT2D eigenvalue weighted by Gasteiger charge is -2.19. The topological polar surface area (TPSA) is 108 Å². The summed E-state index contributed by atoms with van der Waals surface area (Å²) in [4.78, 5) is 24.6. The quantitative estimate of drug-likeness (QED) is 0.403. The molecule has 0 bridgehead atoms. The minimum atomic E-state index is -4.09. The van der Waals surface area contributed by atoms with Crippen LogP contribution in [-0.4, -0.2) is 37.8 Å². The van der Waals surface area contributed by atoms with Crippen molar-refractivity contribution in [2.24, 2.45) is 0 Å². The number of para-hydroxylation sites is 1. The highest BCUT2D eigenvalue weighted by Gasteiger charge is 2.26. The average Bonchev–Trinajstić information content (AvgIpc) is 2.82. The Morgan fingerprint density at radius 1 is 0.857 bits per heavy atom. The standard InChI is InChI=1S/C25H27FN4O4S/c1-4-30(5-2)35(33,34)23-15-18(12-14-21(23)26)24(31)29-22-16-20(13-11-17(22)3)28-25(32)27-19-9-7-6-8-10-19/h6-16H,4-5H2,1-3H3,(H,29,31)(H2,27,28,32). The maximum Gasteiger partial charge on any atom is 0.323 e. The van der Waals surface area contributed by atoms with E-state index in [9.17, 15) is 22.4 Å². The summed E-state index contributed by atoms with van der Waals surface area (Å²) < 4.78 is 41.1. The van der Waals surface area contributed by atoms with Crippen LogP contribution in [0, 0.1) is 12.7 Å². The lowest BCUT2D eigenvalue weighted by Crippen LogP contribution is -2.31. The first-order chi connectivity index (χ1) is 16.6. The van der Waals surface area contributed by atoms with Crippen molar-refractivity contribution in [1.82, 2.24) is 4.31 Å². The number of amides is 3. The molecule has 3 N–H and O–H groups in total. The van der Waals surface area contributed by atoms with Crippen LogP contribution in [0.5, 0.6) is 0 Å². The fourth-order valence-corrected chi connectivity index (χ4v) is 4.94. The molecule has 0 atom stereocenters. The molecule has 184 valence electrons. The summed E-state index contributed by atoms with van der Waals surface area (Å²) in [6.45, 7) is 5.42. The Kier molecular flexibility index (Phi) is 8.21. The number of nitrogens with zero attached hydrogens (tertiary/aromatic N) is 1. The number of hydrogen-bond acceptors (Lipinski definition) is 4. The molecule has 0 spiro atoms. The number of carbonyl (C=O) groups is 2. The molecule has 0 unspecified atom stereocenters. The Morgan fingerprint density at radius 3 is 2.17 bits per heavy atom. The van der Waals surface area contributed by atoms with Crippen LogP contribution in [-0.2, 0) is 10.0 Å². The van der Waals surface area contributed by atoms with Crippen LogP contribution in [0.3, 0.4) is 0 Å². The predicted octanol–water partition coefficient (Wildman–Crippen LogP) is 5.06. The van der Waals surface area contributed by atoms with E-state index in [4.69, 9.17) is 0 Å². The molecule has 0 aliphatic rings. The van der Waals surface area contributed by atoms with Gasteiger partial charge in [0.2, 0.25) is 10.0 Å². The molecule has 0 saturated carbocycles. The molecule has 8 nitrogen and oxygen atoms in total. The van der Waals surface area contributed by atoms with E-state index in [1.165, 1.54) is 6.07 Å². The summed E-state index contributed by atoms with van der Waals surface area (Å²) in [6.07, 6.45) is 0. The lowest BCUT2D eigenvalue weighted by atomic mass is 10.1. The van der Waals surface area contributed by atoms with E-state index in [-0.39, 0.29) is 18.7 Å². The van der Waals surface area contributed by atoms with Crippen LogP contribution in [0.4, 0.5) is 26.2 Å². The van der Waals surface area contributed by atoms with Crippen molar-refractivity contribution in [2.75, 3.05) is 29.0 Å². The zero-order valence-electron chi connectivity index (χ0n) is 19.6. The Bertz CT molecular complexity index is 1330. The van der Waals surface area contributed by atoms with Gasteiger partial charge < -0.3 is 16.0 Å². The first-order valence-electron chi connectivity index (χ1n) is 11.0. The van der Waals surface area contributed by atoms with Gasteiger partial charge in [-0.15, -0.1) is 0 Å². The van der Waals surface area contributed by atoms with Gasteiger partial charge in [0, 0.05) is 35.7 Å². The van der Waals surface area contributed by atoms with E-state index in [1.807, 2.05) is 6.07 Å². The monoisotopic (exact) mass is 498 g/mol. The number of hydrogen-bond donors (Lipinski definition) is 3. The van der Waals surface area contributed by atoms with Crippen LogP contribution in [0.15, 0.2) is 71.6 Å². The zero-order chi connectivity index (χ0) is 25.6. The van der Waals surface area contributed by atoms with E-state index < -0.39 is 32.7 Å². The molecule has 0 radical (unpaired) electrons. The van der Waals surface area contributed by atoms with E-state index in [0.29, 0.717) is 22.6 Å². The highest BCUT2D eigenvalue weighted by molar-refractivity contribution is 7.89. The number of sulfonamides is 1. The average molecular weight is 499 g/mol. The predicted molar refractivity (Wildman–Crippen MR) is 135 cm³/mol. The van der Waals surface area contributed by atoms with Gasteiger partial charge in [-0.2, -0.15) is 4.31 Å². The summed E-state index contributed by atoms with van der Waals surface area (Å²) in [6, 6.07) is 16.7. The molecule has 10 heteroatoms. The molecule has 0 saturated heterocycles. The third-order valence-corrected chi connectivity index (χ3v) is 7.36. The van der Waals surface area contributed by atoms with Gasteiger partial charge in [-0.05, 0) is 55.0 Å². The molecule has 0 aromatic heterocycles. The summed E-state index contributed by atoms with van der Waals surface area (Å²) in [7, 11) is -4.09. The second-order valence-electron chi connectivity index (χ2n) is 7.66. The molecule has 3 rings (SSSR count). The number of aryl methyl sites for hydroxylation is 1. The summed E-state index contributed by atoms with van der Waals surface area (Å²) in [5.41, 5.74) is 2.16. The van der Waals surface area contributed by atoms with Crippen molar-refractivity contribution in [3.63, 3.8) is 0 Å². The molecule has 3 amide bonds. The summed E-state index contributed by atoms with van der Waals surface area (Å²) in [5.74, 6) is -1.55. The van der Waals surface area contributed by atoms with Gasteiger partial charge in [0.15, 0.2) is 0 Å². The van der Waals surface area contributed by atoms with Crippen molar-refractivity contribution in [3.8, 4) is 0 Å². The van der Waals surface area contributed by atoms with Crippen LogP contribution >= 0.6 is 0 Å². The van der Waals surface area contributed by atoms with Crippen molar-refractivity contribution in [3.05, 3.63) is 83.7 Å². The zero-order valence-corrected chi connectivity index (χ0v) is 20.4. The minimum Gasteiger partial charge on any atom is -0.322 e. The van der Waals surface area contributed by atoms with E-state index >= 15 is 0 Å². The molecule has 0 heterocycles. The second-order valence-corrected chi connectivity index (χ2v) is 9.57. The van der Waals surface area contributed by atoms with E-state index in [0.717, 1.165) is 16.4 Å². The second kappa shape index (κ2) is 11.1. The molecule has 0 aliphatic heterocycles. The Labute approximate surface area is 204 Å². The molecule has 0 fully saturated rings. The normalized spacial score (nSPS) is 11.2. The molecular weight excluding hydrogens is 471 g/mol. The number of rotatable bonds is 8. The Hall–Kier alpha value is -3.76. The smallest absolute Gasteiger partial charge is 0.322 e. The first-order valence-corrected chi connectivity index (χ1v) is 12.4. The third kappa shape index (κ3) is 6.23. The Balaban J connectivity index is 1.79. The van der Waals surface area contributed by atoms with Crippen LogP contribution in [0.25, 0.3) is 0 Å². The summed E-state index contributed by atoms with van der Waals surface area (Å²) in [5, 5.41) is 8.10. The molecule has 35 heavy (non-hydrogen) atoms. The number of halogens is 1. The van der Waals surface area contributed by atoms with E-state index in [2.05, 4.69) is 16.0 Å². The van der Waals surface area contributed by atoms with Gasteiger partial charge in [-0.3, -0.25) is 4.79 Å². The van der Waals surface area contributed by atoms with Crippen molar-refractivity contribution in [1.29, 1.82) is 0 Å². The van der Waals surface area contributed by atoms with Crippen molar-refractivity contribution < 1.29 is 22.4 Å². The minimum absolute atomic E-state index is 0.0169. The Morgan fingerprint density at radius 2 is 1.51 bits per heavy atom. The number of anilines is 3.